The highest BCUT2D eigenvalue weighted by molar-refractivity contribution is 7.89. The molecule has 0 saturated heterocycles. The molecule has 0 aliphatic rings. The second kappa shape index (κ2) is 5.19. The van der Waals surface area contributed by atoms with Gasteiger partial charge in [-0.25, -0.2) is 13.1 Å². The molecule has 0 saturated carbocycles. The molecule has 0 atom stereocenters. The van der Waals surface area contributed by atoms with Gasteiger partial charge in [0.2, 0.25) is 10.0 Å². The van der Waals surface area contributed by atoms with E-state index in [-0.39, 0.29) is 0 Å². The smallest absolute Gasteiger partial charge is 0.240 e. The van der Waals surface area contributed by atoms with Crippen LogP contribution in [0.15, 0.2) is 41.3 Å². The quantitative estimate of drug-likeness (QED) is 0.931. The maximum Gasteiger partial charge on any atom is 0.240 e. The number of hydrogen-bond donors (Lipinski definition) is 1. The minimum absolute atomic E-state index is 0.292. The van der Waals surface area contributed by atoms with E-state index in [0.717, 1.165) is 17.0 Å². The molecule has 19 heavy (non-hydrogen) atoms. The highest BCUT2D eigenvalue weighted by atomic mass is 32.2. The molecule has 0 amide bonds. The van der Waals surface area contributed by atoms with Crippen LogP contribution in [-0.4, -0.2) is 13.0 Å². The molecule has 1 heterocycles. The number of rotatable bonds is 4. The molecule has 0 spiro atoms. The summed E-state index contributed by atoms with van der Waals surface area (Å²) in [6.45, 7) is 4.20. The molecule has 0 fully saturated rings. The third-order valence-electron chi connectivity index (χ3n) is 3.25. The summed E-state index contributed by atoms with van der Waals surface area (Å²) in [5, 5.41) is 0. The second-order valence-electron chi connectivity index (χ2n) is 4.66. The topological polar surface area (TPSA) is 51.1 Å². The normalized spacial score (nSPS) is 11.7. The van der Waals surface area contributed by atoms with Crippen LogP contribution in [-0.2, 0) is 23.6 Å². The third kappa shape index (κ3) is 3.05. The maximum atomic E-state index is 12.1. The van der Waals surface area contributed by atoms with Crippen molar-refractivity contribution in [3.05, 3.63) is 53.3 Å². The van der Waals surface area contributed by atoms with E-state index in [1.165, 1.54) is 0 Å². The van der Waals surface area contributed by atoms with E-state index >= 15 is 0 Å². The fourth-order valence-electron chi connectivity index (χ4n) is 1.81. The Morgan fingerprint density at radius 3 is 2.21 bits per heavy atom. The van der Waals surface area contributed by atoms with Gasteiger partial charge in [0.1, 0.15) is 0 Å². The van der Waals surface area contributed by atoms with E-state index in [4.69, 9.17) is 0 Å². The highest BCUT2D eigenvalue weighted by Crippen LogP contribution is 2.11. The number of sulfonamides is 1. The summed E-state index contributed by atoms with van der Waals surface area (Å²) in [6, 6.07) is 10.7. The van der Waals surface area contributed by atoms with E-state index in [9.17, 15) is 8.42 Å². The van der Waals surface area contributed by atoms with Gasteiger partial charge in [-0.15, -0.1) is 0 Å². The molecule has 1 aromatic heterocycles. The van der Waals surface area contributed by atoms with Gasteiger partial charge in [-0.1, -0.05) is 17.7 Å². The first-order valence-corrected chi connectivity index (χ1v) is 7.56. The Bertz CT molecular complexity index is 670. The predicted octanol–water partition coefficient (Wildman–Crippen LogP) is 2.12. The lowest BCUT2D eigenvalue weighted by Crippen LogP contribution is -2.24. The van der Waals surface area contributed by atoms with Gasteiger partial charge in [-0.2, -0.15) is 0 Å². The zero-order valence-electron chi connectivity index (χ0n) is 11.3. The highest BCUT2D eigenvalue weighted by Gasteiger charge is 2.14. The van der Waals surface area contributed by atoms with E-state index in [0.29, 0.717) is 11.4 Å². The molecule has 2 rings (SSSR count). The van der Waals surface area contributed by atoms with E-state index < -0.39 is 10.0 Å². The first-order chi connectivity index (χ1) is 8.90. The average Bonchev–Trinajstić information content (AvgIpc) is 2.68. The van der Waals surface area contributed by atoms with Gasteiger partial charge in [0, 0.05) is 18.4 Å². The fourth-order valence-corrected chi connectivity index (χ4v) is 2.81. The van der Waals surface area contributed by atoms with Crippen LogP contribution >= 0.6 is 0 Å². The molecule has 0 bridgehead atoms. The van der Waals surface area contributed by atoms with E-state index in [1.54, 1.807) is 24.3 Å². The van der Waals surface area contributed by atoms with Crippen LogP contribution < -0.4 is 4.72 Å². The van der Waals surface area contributed by atoms with Crippen LogP contribution in [0.3, 0.4) is 0 Å². The average molecular weight is 278 g/mol. The largest absolute Gasteiger partial charge is 0.351 e. The van der Waals surface area contributed by atoms with E-state index in [1.807, 2.05) is 37.6 Å². The SMILES string of the molecule is Cc1ccc(S(=O)(=O)NCc2ccc(C)n2C)cc1. The van der Waals surface area contributed by atoms with Gasteiger partial charge in [0.15, 0.2) is 0 Å². The minimum Gasteiger partial charge on any atom is -0.351 e. The summed E-state index contributed by atoms with van der Waals surface area (Å²) in [5.74, 6) is 0. The number of nitrogens with zero attached hydrogens (tertiary/aromatic N) is 1. The van der Waals surface area contributed by atoms with Crippen LogP contribution in [0, 0.1) is 13.8 Å². The van der Waals surface area contributed by atoms with Gasteiger partial charge < -0.3 is 4.57 Å². The molecule has 0 aliphatic heterocycles. The molecular weight excluding hydrogens is 260 g/mol. The van der Waals surface area contributed by atoms with Crippen molar-refractivity contribution in [2.24, 2.45) is 7.05 Å². The molecule has 1 N–H and O–H groups in total. The summed E-state index contributed by atoms with van der Waals surface area (Å²) in [6.07, 6.45) is 0. The zero-order valence-corrected chi connectivity index (χ0v) is 12.2. The molecule has 4 nitrogen and oxygen atoms in total. The zero-order chi connectivity index (χ0) is 14.0. The van der Waals surface area contributed by atoms with Crippen molar-refractivity contribution in [2.45, 2.75) is 25.3 Å². The number of aromatic nitrogens is 1. The molecule has 0 unspecified atom stereocenters. The molecular formula is C14H18N2O2S. The standard InChI is InChI=1S/C14H18N2O2S/c1-11-4-8-14(9-5-11)19(17,18)15-10-13-7-6-12(2)16(13)3/h4-9,15H,10H2,1-3H3. The summed E-state index contributed by atoms with van der Waals surface area (Å²) in [5.41, 5.74) is 3.08. The van der Waals surface area contributed by atoms with Gasteiger partial charge in [0.25, 0.3) is 0 Å². The summed E-state index contributed by atoms with van der Waals surface area (Å²) >= 11 is 0. The first kappa shape index (κ1) is 13.8. The second-order valence-corrected chi connectivity index (χ2v) is 6.43. The Morgan fingerprint density at radius 1 is 1.05 bits per heavy atom. The van der Waals surface area contributed by atoms with Crippen LogP contribution in [0.1, 0.15) is 17.0 Å². The van der Waals surface area contributed by atoms with Gasteiger partial charge in [-0.05, 0) is 38.1 Å². The van der Waals surface area contributed by atoms with Crippen molar-refractivity contribution in [3.63, 3.8) is 0 Å². The van der Waals surface area contributed by atoms with Crippen LogP contribution in [0.25, 0.3) is 0 Å². The molecule has 0 aliphatic carbocycles. The summed E-state index contributed by atoms with van der Waals surface area (Å²) < 4.78 is 28.8. The van der Waals surface area contributed by atoms with Crippen LogP contribution in [0.4, 0.5) is 0 Å². The van der Waals surface area contributed by atoms with Gasteiger partial charge in [0.05, 0.1) is 11.4 Å². The Labute approximate surface area is 114 Å². The van der Waals surface area contributed by atoms with Crippen LogP contribution in [0.5, 0.6) is 0 Å². The molecule has 1 aromatic carbocycles. The number of nitrogens with one attached hydrogen (secondary N) is 1. The number of benzene rings is 1. The van der Waals surface area contributed by atoms with Crippen LogP contribution in [0.2, 0.25) is 0 Å². The van der Waals surface area contributed by atoms with Crippen molar-refractivity contribution in [3.8, 4) is 0 Å². The van der Waals surface area contributed by atoms with Crippen molar-refractivity contribution < 1.29 is 8.42 Å². The molecule has 0 radical (unpaired) electrons. The number of aryl methyl sites for hydroxylation is 2. The van der Waals surface area contributed by atoms with Gasteiger partial charge >= 0.3 is 0 Å². The monoisotopic (exact) mass is 278 g/mol. The lowest BCUT2D eigenvalue weighted by Gasteiger charge is -2.08. The Kier molecular flexibility index (Phi) is 3.78. The van der Waals surface area contributed by atoms with E-state index in [2.05, 4.69) is 4.72 Å². The third-order valence-corrected chi connectivity index (χ3v) is 4.67. The predicted molar refractivity (Wildman–Crippen MR) is 75.4 cm³/mol. The minimum atomic E-state index is -3.45. The first-order valence-electron chi connectivity index (χ1n) is 6.08. The molecule has 2 aromatic rings. The molecule has 5 heteroatoms. The summed E-state index contributed by atoms with van der Waals surface area (Å²) in [4.78, 5) is 0.295. The Balaban J connectivity index is 2.14. The van der Waals surface area contributed by atoms with Gasteiger partial charge in [-0.3, -0.25) is 0 Å². The van der Waals surface area contributed by atoms with Crippen molar-refractivity contribution in [1.29, 1.82) is 0 Å². The van der Waals surface area contributed by atoms with Crippen molar-refractivity contribution >= 4 is 10.0 Å². The lowest BCUT2D eigenvalue weighted by molar-refractivity contribution is 0.579. The number of hydrogen-bond acceptors (Lipinski definition) is 2. The maximum absolute atomic E-state index is 12.1. The van der Waals surface area contributed by atoms with Crippen molar-refractivity contribution in [1.82, 2.24) is 9.29 Å². The summed E-state index contributed by atoms with van der Waals surface area (Å²) in [7, 11) is -1.52. The fraction of sp³-hybridized carbons (Fsp3) is 0.286. The molecule has 102 valence electrons. The Hall–Kier alpha value is -1.59. The Morgan fingerprint density at radius 2 is 1.68 bits per heavy atom. The van der Waals surface area contributed by atoms with Crippen molar-refractivity contribution in [2.75, 3.05) is 0 Å². The lowest BCUT2D eigenvalue weighted by atomic mass is 10.2.